The fourth-order valence-corrected chi connectivity index (χ4v) is 4.07. The molecular formula is C28H53N7O8. The topological polar surface area (TPSA) is 255 Å². The van der Waals surface area contributed by atoms with Crippen LogP contribution in [0.25, 0.3) is 0 Å². The third-order valence-electron chi connectivity index (χ3n) is 6.92. The first-order chi connectivity index (χ1) is 20.1. The Kier molecular flexibility index (Phi) is 19.0. The molecule has 11 N–H and O–H groups in total. The second-order valence-corrected chi connectivity index (χ2v) is 11.5. The third kappa shape index (κ3) is 15.1. The Morgan fingerprint density at radius 2 is 1.35 bits per heavy atom. The Labute approximate surface area is 254 Å². The first-order valence-electron chi connectivity index (χ1n) is 14.9. The molecule has 0 rings (SSSR count). The lowest BCUT2D eigenvalue weighted by atomic mass is 9.96. The van der Waals surface area contributed by atoms with Crippen LogP contribution in [0.2, 0.25) is 0 Å². The Balaban J connectivity index is 5.55. The minimum absolute atomic E-state index is 0.00212. The Morgan fingerprint density at radius 1 is 0.767 bits per heavy atom. The summed E-state index contributed by atoms with van der Waals surface area (Å²) >= 11 is 0. The van der Waals surface area contributed by atoms with Crippen LogP contribution in [0.1, 0.15) is 73.6 Å². The SMILES string of the molecule is CC[C@H](C)[C@H](NC(=O)[C@H](CC(C)C)NC(=O)[C@H](N)CO)C(=O)NCC(=O)N[C@@H](CCCCN)C(=O)N[C@@H](C(=O)O)C(C)C. The predicted octanol–water partition coefficient (Wildman–Crippen LogP) is -1.68. The first kappa shape index (κ1) is 39.7. The van der Waals surface area contributed by atoms with Crippen LogP contribution in [-0.4, -0.2) is 95.6 Å². The number of unbranched alkanes of at least 4 members (excludes halogenated alkanes) is 1. The average Bonchev–Trinajstić information content (AvgIpc) is 2.94. The molecule has 0 aliphatic carbocycles. The molecule has 0 unspecified atom stereocenters. The number of carboxylic acids is 1. The number of hydrogen-bond donors (Lipinski definition) is 9. The number of aliphatic hydroxyl groups is 1. The van der Waals surface area contributed by atoms with Crippen molar-refractivity contribution in [2.45, 2.75) is 104 Å². The predicted molar refractivity (Wildman–Crippen MR) is 160 cm³/mol. The smallest absolute Gasteiger partial charge is 0.326 e. The fourth-order valence-electron chi connectivity index (χ4n) is 4.07. The molecule has 15 heteroatoms. The number of rotatable bonds is 21. The molecule has 43 heavy (non-hydrogen) atoms. The quantitative estimate of drug-likeness (QED) is 0.0663. The number of carbonyl (C=O) groups excluding carboxylic acids is 5. The summed E-state index contributed by atoms with van der Waals surface area (Å²) in [4.78, 5) is 75.7. The van der Waals surface area contributed by atoms with Gasteiger partial charge in [0.25, 0.3) is 0 Å². The van der Waals surface area contributed by atoms with Crippen LogP contribution in [0.3, 0.4) is 0 Å². The van der Waals surface area contributed by atoms with Gasteiger partial charge in [0, 0.05) is 0 Å². The summed E-state index contributed by atoms with van der Waals surface area (Å²) in [5, 5.41) is 31.2. The van der Waals surface area contributed by atoms with E-state index in [1.807, 2.05) is 20.8 Å². The molecular weight excluding hydrogens is 562 g/mol. The van der Waals surface area contributed by atoms with Gasteiger partial charge in [-0.2, -0.15) is 0 Å². The molecule has 0 radical (unpaired) electrons. The summed E-state index contributed by atoms with van der Waals surface area (Å²) in [6.45, 7) is 9.83. The molecule has 0 fully saturated rings. The van der Waals surface area contributed by atoms with E-state index in [4.69, 9.17) is 16.6 Å². The number of hydrogen-bond acceptors (Lipinski definition) is 9. The number of nitrogens with two attached hydrogens (primary N) is 2. The number of aliphatic carboxylic acids is 1. The first-order valence-corrected chi connectivity index (χ1v) is 14.9. The minimum atomic E-state index is -1.21. The van der Waals surface area contributed by atoms with Gasteiger partial charge in [0.2, 0.25) is 29.5 Å². The van der Waals surface area contributed by atoms with Crippen molar-refractivity contribution in [3.05, 3.63) is 0 Å². The highest BCUT2D eigenvalue weighted by Gasteiger charge is 2.32. The number of amides is 5. The van der Waals surface area contributed by atoms with E-state index in [0.717, 1.165) is 0 Å². The Morgan fingerprint density at radius 3 is 1.84 bits per heavy atom. The number of aliphatic hydroxyl groups excluding tert-OH is 1. The van der Waals surface area contributed by atoms with E-state index >= 15 is 0 Å². The second kappa shape index (κ2) is 20.6. The minimum Gasteiger partial charge on any atom is -0.480 e. The highest BCUT2D eigenvalue weighted by molar-refractivity contribution is 5.95. The summed E-state index contributed by atoms with van der Waals surface area (Å²) in [6, 6.07) is -5.47. The lowest BCUT2D eigenvalue weighted by molar-refractivity contribution is -0.143. The van der Waals surface area contributed by atoms with Crippen molar-refractivity contribution >= 4 is 35.5 Å². The summed E-state index contributed by atoms with van der Waals surface area (Å²) < 4.78 is 0. The summed E-state index contributed by atoms with van der Waals surface area (Å²) in [5.74, 6) is -5.26. The zero-order valence-electron chi connectivity index (χ0n) is 26.3. The molecule has 0 aliphatic rings. The Bertz CT molecular complexity index is 931. The van der Waals surface area contributed by atoms with Gasteiger partial charge >= 0.3 is 5.97 Å². The van der Waals surface area contributed by atoms with Crippen molar-refractivity contribution in [1.82, 2.24) is 26.6 Å². The molecule has 248 valence electrons. The van der Waals surface area contributed by atoms with Gasteiger partial charge in [-0.25, -0.2) is 4.79 Å². The summed E-state index contributed by atoms with van der Waals surface area (Å²) in [5.41, 5.74) is 11.1. The van der Waals surface area contributed by atoms with Gasteiger partial charge < -0.3 is 48.3 Å². The highest BCUT2D eigenvalue weighted by atomic mass is 16.4. The monoisotopic (exact) mass is 615 g/mol. The second-order valence-electron chi connectivity index (χ2n) is 11.5. The van der Waals surface area contributed by atoms with Crippen LogP contribution in [0.4, 0.5) is 0 Å². The third-order valence-corrected chi connectivity index (χ3v) is 6.92. The average molecular weight is 616 g/mol. The van der Waals surface area contributed by atoms with Gasteiger partial charge in [-0.1, -0.05) is 48.0 Å². The van der Waals surface area contributed by atoms with Crippen molar-refractivity contribution in [3.63, 3.8) is 0 Å². The van der Waals surface area contributed by atoms with E-state index in [0.29, 0.717) is 25.8 Å². The van der Waals surface area contributed by atoms with Crippen molar-refractivity contribution in [1.29, 1.82) is 0 Å². The van der Waals surface area contributed by atoms with E-state index in [9.17, 15) is 33.9 Å². The molecule has 0 aromatic heterocycles. The van der Waals surface area contributed by atoms with E-state index in [1.54, 1.807) is 20.8 Å². The Hall–Kier alpha value is -3.30. The summed E-state index contributed by atoms with van der Waals surface area (Å²) in [7, 11) is 0. The lowest BCUT2D eigenvalue weighted by Crippen LogP contribution is -2.58. The van der Waals surface area contributed by atoms with Gasteiger partial charge in [0.15, 0.2) is 0 Å². The van der Waals surface area contributed by atoms with Crippen molar-refractivity contribution < 1.29 is 39.0 Å². The molecule has 5 amide bonds. The van der Waals surface area contributed by atoms with Crippen molar-refractivity contribution in [2.75, 3.05) is 19.7 Å². The maximum Gasteiger partial charge on any atom is 0.326 e. The zero-order valence-corrected chi connectivity index (χ0v) is 26.3. The van der Waals surface area contributed by atoms with Gasteiger partial charge in [0.05, 0.1) is 13.2 Å². The van der Waals surface area contributed by atoms with E-state index in [1.165, 1.54) is 0 Å². The van der Waals surface area contributed by atoms with Gasteiger partial charge in [-0.15, -0.1) is 0 Å². The van der Waals surface area contributed by atoms with Crippen LogP contribution in [-0.2, 0) is 28.8 Å². The van der Waals surface area contributed by atoms with Gasteiger partial charge in [-0.3, -0.25) is 24.0 Å². The number of carbonyl (C=O) groups is 6. The molecule has 0 saturated heterocycles. The van der Waals surface area contributed by atoms with Gasteiger partial charge in [-0.05, 0) is 50.0 Å². The standard InChI is InChI=1S/C28H53N7O8/c1-7-17(6)23(35-26(40)20(12-15(2)3)33-24(38)18(30)14-36)27(41)31-13-21(37)32-19(10-8-9-11-29)25(39)34-22(16(4)5)28(42)43/h15-20,22-23,36H,7-14,29-30H2,1-6H3,(H,31,41)(H,32,37)(H,33,38)(H,34,39)(H,35,40)(H,42,43)/t17-,18+,19-,20-,22+,23-/m0/s1. The van der Waals surface area contributed by atoms with Crippen molar-refractivity contribution in [2.24, 2.45) is 29.2 Å². The molecule has 0 aliphatic heterocycles. The molecule has 0 heterocycles. The summed E-state index contributed by atoms with van der Waals surface area (Å²) in [6.07, 6.45) is 2.05. The van der Waals surface area contributed by atoms with Crippen LogP contribution in [0.15, 0.2) is 0 Å². The zero-order chi connectivity index (χ0) is 33.3. The highest BCUT2D eigenvalue weighted by Crippen LogP contribution is 2.11. The van der Waals surface area contributed by atoms with E-state index in [2.05, 4.69) is 26.6 Å². The van der Waals surface area contributed by atoms with E-state index in [-0.39, 0.29) is 24.7 Å². The number of nitrogens with one attached hydrogen (secondary N) is 5. The van der Waals surface area contributed by atoms with Crippen LogP contribution < -0.4 is 38.1 Å². The largest absolute Gasteiger partial charge is 0.480 e. The number of carboxylic acid groups (broad SMARTS) is 1. The van der Waals surface area contributed by atoms with Crippen molar-refractivity contribution in [3.8, 4) is 0 Å². The molecule has 0 aromatic carbocycles. The molecule has 0 spiro atoms. The molecule has 6 atom stereocenters. The lowest BCUT2D eigenvalue weighted by Gasteiger charge is -2.27. The van der Waals surface area contributed by atoms with Gasteiger partial charge in [0.1, 0.15) is 30.2 Å². The maximum absolute atomic E-state index is 13.1. The molecule has 0 saturated carbocycles. The van der Waals surface area contributed by atoms with Crippen LogP contribution in [0, 0.1) is 17.8 Å². The maximum atomic E-state index is 13.1. The molecule has 15 nitrogen and oxygen atoms in total. The normalized spacial score (nSPS) is 15.4. The molecule has 0 aromatic rings. The molecule has 0 bridgehead atoms. The van der Waals surface area contributed by atoms with Crippen LogP contribution in [0.5, 0.6) is 0 Å². The fraction of sp³-hybridized carbons (Fsp3) is 0.786. The van der Waals surface area contributed by atoms with E-state index < -0.39 is 84.8 Å². The van der Waals surface area contributed by atoms with Crippen LogP contribution >= 0.6 is 0 Å².